The quantitative estimate of drug-likeness (QED) is 0.127. The highest BCUT2D eigenvalue weighted by Gasteiger charge is 2.43. The van der Waals surface area contributed by atoms with Gasteiger partial charge >= 0.3 is 17.7 Å². The molecule has 0 radical (unpaired) electrons. The van der Waals surface area contributed by atoms with Crippen LogP contribution in [0.25, 0.3) is 0 Å². The fraction of sp³-hybridized carbons (Fsp3) is 0.263. The van der Waals surface area contributed by atoms with Crippen LogP contribution in [0.2, 0.25) is 0 Å². The lowest BCUT2D eigenvalue weighted by molar-refractivity contribution is -0.200. The van der Waals surface area contributed by atoms with Gasteiger partial charge in [-0.05, 0) is 42.4 Å². The van der Waals surface area contributed by atoms with Crippen molar-refractivity contribution in [1.82, 2.24) is 10.0 Å². The van der Waals surface area contributed by atoms with Crippen LogP contribution in [0.15, 0.2) is 55.7 Å². The van der Waals surface area contributed by atoms with Gasteiger partial charge in [-0.2, -0.15) is 13.2 Å². The van der Waals surface area contributed by atoms with E-state index in [1.807, 2.05) is 4.72 Å². The number of pyridine rings is 1. The molecule has 0 saturated heterocycles. The number of anilines is 1. The molecule has 37 heavy (non-hydrogen) atoms. The molecule has 1 atom stereocenters. The summed E-state index contributed by atoms with van der Waals surface area (Å²) in [5.41, 5.74) is 7.41. The second-order valence-corrected chi connectivity index (χ2v) is 9.67. The third kappa shape index (κ3) is 8.10. The largest absolute Gasteiger partial charge is 0.493 e. The summed E-state index contributed by atoms with van der Waals surface area (Å²) in [6.45, 7) is 0.879. The molecule has 1 unspecified atom stereocenters. The Labute approximate surface area is 215 Å². The number of halogens is 4. The number of carbonyl (C=O) groups excluding carboxylic acids is 2. The molecule has 2 aromatic rings. The number of nitrogens with one attached hydrogen (secondary N) is 2. The fourth-order valence-electron chi connectivity index (χ4n) is 2.63. The Kier molecular flexibility index (Phi) is 9.51. The number of alkyl halides is 3. The molecule has 13 nitrogen and oxygen atoms in total. The number of nitrogens with zero attached hydrogens (tertiary/aromatic N) is 2. The molecule has 202 valence electrons. The predicted octanol–water partition coefficient (Wildman–Crippen LogP) is 0.354. The molecule has 0 aliphatic carbocycles. The number of hydrogen-bond acceptors (Lipinski definition) is 8. The van der Waals surface area contributed by atoms with Crippen LogP contribution in [0.1, 0.15) is 18.5 Å². The topological polar surface area (TPSA) is 197 Å². The van der Waals surface area contributed by atoms with E-state index >= 15 is 0 Å². The zero-order chi connectivity index (χ0) is 28.0. The van der Waals surface area contributed by atoms with Gasteiger partial charge in [0, 0.05) is 4.47 Å². The summed E-state index contributed by atoms with van der Waals surface area (Å²) in [7, 11) is -4.38. The van der Waals surface area contributed by atoms with Crippen LogP contribution in [0.4, 0.5) is 18.9 Å². The van der Waals surface area contributed by atoms with E-state index < -0.39 is 50.9 Å². The van der Waals surface area contributed by atoms with E-state index in [4.69, 9.17) is 11.5 Å². The number of guanidine groups is 1. The number of amides is 1. The van der Waals surface area contributed by atoms with Crippen molar-refractivity contribution in [3.63, 3.8) is 0 Å². The summed E-state index contributed by atoms with van der Waals surface area (Å²) in [5.74, 6) is -5.31. The molecule has 2 rings (SSSR count). The van der Waals surface area contributed by atoms with Gasteiger partial charge in [0.2, 0.25) is 11.9 Å². The number of rotatable bonds is 10. The van der Waals surface area contributed by atoms with E-state index in [9.17, 15) is 36.0 Å². The molecule has 0 saturated carbocycles. The Morgan fingerprint density at radius 3 is 2.49 bits per heavy atom. The summed E-state index contributed by atoms with van der Waals surface area (Å²) in [6.07, 6.45) is -5.50. The summed E-state index contributed by atoms with van der Waals surface area (Å²) in [6, 6.07) is 7.21. The van der Waals surface area contributed by atoms with E-state index in [1.165, 1.54) is 31.2 Å². The van der Waals surface area contributed by atoms with Crippen LogP contribution in [0.3, 0.4) is 0 Å². The molecule has 1 heterocycles. The molecule has 0 bridgehead atoms. The lowest BCUT2D eigenvalue weighted by atomic mass is 10.1. The molecule has 1 aromatic heterocycles. The number of nitrogens with two attached hydrogens (primary N) is 2. The Balaban J connectivity index is 2.41. The summed E-state index contributed by atoms with van der Waals surface area (Å²) >= 11 is 3.10. The van der Waals surface area contributed by atoms with Gasteiger partial charge in [-0.3, -0.25) is 14.3 Å². The first-order valence-electron chi connectivity index (χ1n) is 9.96. The van der Waals surface area contributed by atoms with Crippen LogP contribution in [0, 0.1) is 0 Å². The second kappa shape index (κ2) is 12.0. The van der Waals surface area contributed by atoms with E-state index in [1.54, 1.807) is 0 Å². The third-order valence-corrected chi connectivity index (χ3v) is 6.18. The molecule has 18 heteroatoms. The molecular weight excluding hydrogens is 593 g/mol. The van der Waals surface area contributed by atoms with Crippen molar-refractivity contribution in [2.75, 3.05) is 17.9 Å². The third-order valence-electron chi connectivity index (χ3n) is 4.33. The van der Waals surface area contributed by atoms with Gasteiger partial charge in [0.15, 0.2) is 0 Å². The maximum Gasteiger partial charge on any atom is 0.493 e. The van der Waals surface area contributed by atoms with Gasteiger partial charge in [-0.25, -0.2) is 13.2 Å². The van der Waals surface area contributed by atoms with E-state index in [0.29, 0.717) is 4.47 Å². The van der Waals surface area contributed by atoms with E-state index in [0.717, 1.165) is 12.1 Å². The van der Waals surface area contributed by atoms with Crippen molar-refractivity contribution in [2.24, 2.45) is 16.6 Å². The highest BCUT2D eigenvalue weighted by atomic mass is 79.9. The number of aromatic nitrogens is 1. The van der Waals surface area contributed by atoms with Crippen LogP contribution in [0.5, 0.6) is 0 Å². The zero-order valence-electron chi connectivity index (χ0n) is 18.8. The van der Waals surface area contributed by atoms with Crippen molar-refractivity contribution < 1.29 is 40.9 Å². The van der Waals surface area contributed by atoms with Crippen molar-refractivity contribution in [3.8, 4) is 0 Å². The van der Waals surface area contributed by atoms with Crippen molar-refractivity contribution in [1.29, 1.82) is 0 Å². The number of hydrogen-bond donors (Lipinski definition) is 4. The lowest BCUT2D eigenvalue weighted by Gasteiger charge is -2.19. The Bertz CT molecular complexity index is 1360. The minimum absolute atomic E-state index is 0.102. The molecular formula is C19H20BrF3N6O7S. The lowest BCUT2D eigenvalue weighted by Crippen LogP contribution is -2.42. The molecule has 6 N–H and O–H groups in total. The Morgan fingerprint density at radius 1 is 1.22 bits per heavy atom. The van der Waals surface area contributed by atoms with Gasteiger partial charge < -0.3 is 26.5 Å². The van der Waals surface area contributed by atoms with Gasteiger partial charge in [-0.15, -0.1) is 4.73 Å². The van der Waals surface area contributed by atoms with E-state index in [2.05, 4.69) is 36.1 Å². The van der Waals surface area contributed by atoms with Gasteiger partial charge in [0.1, 0.15) is 12.3 Å². The first-order chi connectivity index (χ1) is 17.1. The smallest absolute Gasteiger partial charge is 0.391 e. The van der Waals surface area contributed by atoms with Gasteiger partial charge in [0.25, 0.3) is 10.0 Å². The molecule has 0 aliphatic rings. The van der Waals surface area contributed by atoms with Crippen molar-refractivity contribution in [2.45, 2.75) is 23.9 Å². The summed E-state index contributed by atoms with van der Waals surface area (Å²) < 4.78 is 66.1. The van der Waals surface area contributed by atoms with Crippen LogP contribution in [-0.4, -0.2) is 50.3 Å². The van der Waals surface area contributed by atoms with Crippen LogP contribution >= 0.6 is 15.9 Å². The standard InChI is InChI=1S/C19H20BrF3N6O7S/c1-10(15(30)26-7-8-35-27-18(24)25)14-6-5-13(16(31)29(14)36-17(32)19(21,22)23)28-37(33,34)12-4-2-3-11(20)9-12/h2-6,9-10,28H,7-8H2,1H3,(H,26,30)(H4,24,25,27). The average molecular weight is 613 g/mol. The Morgan fingerprint density at radius 2 is 1.89 bits per heavy atom. The number of sulfonamides is 1. The number of benzene rings is 1. The first-order valence-corrected chi connectivity index (χ1v) is 12.2. The molecule has 0 spiro atoms. The molecule has 1 aromatic carbocycles. The highest BCUT2D eigenvalue weighted by Crippen LogP contribution is 2.21. The highest BCUT2D eigenvalue weighted by molar-refractivity contribution is 9.10. The zero-order valence-corrected chi connectivity index (χ0v) is 21.2. The summed E-state index contributed by atoms with van der Waals surface area (Å²) in [5, 5.41) is 5.58. The maximum absolute atomic E-state index is 12.9. The average Bonchev–Trinajstić information content (AvgIpc) is 2.80. The molecule has 0 aliphatic heterocycles. The SMILES string of the molecule is CC(C(=O)NCCON=C(N)N)c1ccc(NS(=O)(=O)c2cccc(Br)c2)c(=O)n1OC(=O)C(F)(F)F. The van der Waals surface area contributed by atoms with Crippen LogP contribution < -0.4 is 31.9 Å². The minimum Gasteiger partial charge on any atom is -0.391 e. The number of oxime groups is 1. The van der Waals surface area contributed by atoms with Crippen molar-refractivity contribution in [3.05, 3.63) is 56.9 Å². The second-order valence-electron chi connectivity index (χ2n) is 7.07. The van der Waals surface area contributed by atoms with Crippen molar-refractivity contribution >= 4 is 49.5 Å². The summed E-state index contributed by atoms with van der Waals surface area (Å²) in [4.78, 5) is 45.5. The molecule has 0 fully saturated rings. The normalized spacial score (nSPS) is 12.2. The van der Waals surface area contributed by atoms with Gasteiger partial charge in [0.05, 0.1) is 23.1 Å². The molecule has 1 amide bonds. The predicted molar refractivity (Wildman–Crippen MR) is 126 cm³/mol. The maximum atomic E-state index is 12.9. The number of carbonyl (C=O) groups is 2. The van der Waals surface area contributed by atoms with Gasteiger partial charge in [-0.1, -0.05) is 22.0 Å². The Hall–Kier alpha value is -3.80. The monoisotopic (exact) mass is 612 g/mol. The van der Waals surface area contributed by atoms with E-state index in [-0.39, 0.29) is 28.7 Å². The van der Waals surface area contributed by atoms with Crippen LogP contribution in [-0.2, 0) is 24.4 Å². The minimum atomic E-state index is -5.50. The first kappa shape index (κ1) is 29.4. The fourth-order valence-corrected chi connectivity index (χ4v) is 4.28.